The van der Waals surface area contributed by atoms with Crippen molar-refractivity contribution in [3.05, 3.63) is 89.7 Å². The summed E-state index contributed by atoms with van der Waals surface area (Å²) in [6.07, 6.45) is 2.61. The van der Waals surface area contributed by atoms with E-state index in [1.165, 1.54) is 0 Å². The van der Waals surface area contributed by atoms with Crippen molar-refractivity contribution < 1.29 is 9.53 Å². The molecular formula is C24H23N3O2S. The first-order valence-electron chi connectivity index (χ1n) is 9.69. The van der Waals surface area contributed by atoms with Crippen molar-refractivity contribution in [2.24, 2.45) is 0 Å². The summed E-state index contributed by atoms with van der Waals surface area (Å²) in [4.78, 5) is 22.3. The lowest BCUT2D eigenvalue weighted by Gasteiger charge is -2.18. The Morgan fingerprint density at radius 3 is 2.60 bits per heavy atom. The minimum Gasteiger partial charge on any atom is -0.496 e. The zero-order valence-electron chi connectivity index (χ0n) is 16.9. The number of H-pyrrole nitrogens is 1. The van der Waals surface area contributed by atoms with Gasteiger partial charge in [-0.3, -0.25) is 4.79 Å². The van der Waals surface area contributed by atoms with Crippen molar-refractivity contribution >= 4 is 28.7 Å². The SMILES string of the molecule is COc1cc(SC)ccc1C(=O)N[C@@H](Cc1ccccc1)c1nc2ccccc2[nH]1. The van der Waals surface area contributed by atoms with Crippen LogP contribution in [0.4, 0.5) is 0 Å². The first kappa shape index (κ1) is 20.0. The molecule has 152 valence electrons. The van der Waals surface area contributed by atoms with Crippen LogP contribution in [0.25, 0.3) is 11.0 Å². The van der Waals surface area contributed by atoms with Gasteiger partial charge in [-0.2, -0.15) is 0 Å². The van der Waals surface area contributed by atoms with E-state index in [1.807, 2.05) is 60.9 Å². The number of benzene rings is 3. The molecule has 0 saturated heterocycles. The summed E-state index contributed by atoms with van der Waals surface area (Å²) in [6, 6.07) is 23.2. The van der Waals surface area contributed by atoms with E-state index in [-0.39, 0.29) is 11.9 Å². The van der Waals surface area contributed by atoms with Gasteiger partial charge >= 0.3 is 0 Å². The fraction of sp³-hybridized carbons (Fsp3) is 0.167. The second-order valence-corrected chi connectivity index (χ2v) is 7.80. The number of amides is 1. The smallest absolute Gasteiger partial charge is 0.255 e. The minimum absolute atomic E-state index is 0.194. The first-order valence-corrected chi connectivity index (χ1v) is 10.9. The number of carbonyl (C=O) groups excluding carboxylic acids is 1. The molecule has 0 aliphatic heterocycles. The number of fused-ring (bicyclic) bond motifs is 1. The predicted molar refractivity (Wildman–Crippen MR) is 121 cm³/mol. The molecule has 1 heterocycles. The number of imidazole rings is 1. The number of ether oxygens (including phenoxy) is 1. The molecule has 0 unspecified atom stereocenters. The molecule has 5 nitrogen and oxygen atoms in total. The highest BCUT2D eigenvalue weighted by molar-refractivity contribution is 7.98. The van der Waals surface area contributed by atoms with Gasteiger partial charge in [0, 0.05) is 4.90 Å². The fourth-order valence-electron chi connectivity index (χ4n) is 3.43. The van der Waals surface area contributed by atoms with Gasteiger partial charge in [-0.25, -0.2) is 4.98 Å². The molecular weight excluding hydrogens is 394 g/mol. The average Bonchev–Trinajstić information content (AvgIpc) is 3.23. The van der Waals surface area contributed by atoms with Gasteiger partial charge < -0.3 is 15.0 Å². The maximum atomic E-state index is 13.2. The molecule has 30 heavy (non-hydrogen) atoms. The Balaban J connectivity index is 1.66. The summed E-state index contributed by atoms with van der Waals surface area (Å²) in [5.41, 5.74) is 3.45. The van der Waals surface area contributed by atoms with E-state index < -0.39 is 0 Å². The lowest BCUT2D eigenvalue weighted by molar-refractivity contribution is 0.0931. The average molecular weight is 418 g/mol. The fourth-order valence-corrected chi connectivity index (χ4v) is 3.85. The Labute approximate surface area is 179 Å². The standard InChI is InChI=1S/C24H23N3O2S/c1-29-22-15-17(30-2)12-13-18(22)24(28)27-21(14-16-8-4-3-5-9-16)23-25-19-10-6-7-11-20(19)26-23/h3-13,15,21H,14H2,1-2H3,(H,25,26)(H,27,28)/t21-/m0/s1. The lowest BCUT2D eigenvalue weighted by atomic mass is 10.0. The lowest BCUT2D eigenvalue weighted by Crippen LogP contribution is -2.31. The van der Waals surface area contributed by atoms with E-state index in [4.69, 9.17) is 9.72 Å². The Kier molecular flexibility index (Phi) is 6.05. The highest BCUT2D eigenvalue weighted by Gasteiger charge is 2.22. The molecule has 1 amide bonds. The van der Waals surface area contributed by atoms with Crippen LogP contribution in [0.5, 0.6) is 5.75 Å². The van der Waals surface area contributed by atoms with Crippen LogP contribution >= 0.6 is 11.8 Å². The summed E-state index contributed by atoms with van der Waals surface area (Å²) in [5.74, 6) is 1.09. The maximum absolute atomic E-state index is 13.2. The maximum Gasteiger partial charge on any atom is 0.255 e. The number of methoxy groups -OCH3 is 1. The topological polar surface area (TPSA) is 67.0 Å². The third kappa shape index (κ3) is 4.33. The third-order valence-corrected chi connectivity index (χ3v) is 5.70. The number of nitrogens with zero attached hydrogens (tertiary/aromatic N) is 1. The largest absolute Gasteiger partial charge is 0.496 e. The van der Waals surface area contributed by atoms with Gasteiger partial charge in [0.05, 0.1) is 29.7 Å². The highest BCUT2D eigenvalue weighted by atomic mass is 32.2. The van der Waals surface area contributed by atoms with Crippen LogP contribution in [0.2, 0.25) is 0 Å². The van der Waals surface area contributed by atoms with Gasteiger partial charge in [0.1, 0.15) is 11.6 Å². The molecule has 2 N–H and O–H groups in total. The second kappa shape index (κ2) is 9.05. The van der Waals surface area contributed by atoms with Crippen molar-refractivity contribution in [1.82, 2.24) is 15.3 Å². The van der Waals surface area contributed by atoms with Gasteiger partial charge in [0.15, 0.2) is 0 Å². The molecule has 3 aromatic carbocycles. The highest BCUT2D eigenvalue weighted by Crippen LogP contribution is 2.27. The zero-order valence-corrected chi connectivity index (χ0v) is 17.7. The Hall–Kier alpha value is -3.25. The van der Waals surface area contributed by atoms with Crippen LogP contribution in [0.1, 0.15) is 27.8 Å². The summed E-state index contributed by atoms with van der Waals surface area (Å²) in [7, 11) is 1.58. The molecule has 6 heteroatoms. The van der Waals surface area contributed by atoms with E-state index in [0.717, 1.165) is 27.3 Å². The van der Waals surface area contributed by atoms with E-state index in [0.29, 0.717) is 17.7 Å². The molecule has 1 aromatic heterocycles. The van der Waals surface area contributed by atoms with Crippen LogP contribution < -0.4 is 10.1 Å². The molecule has 4 aromatic rings. The number of carbonyl (C=O) groups is 1. The Morgan fingerprint density at radius 2 is 1.87 bits per heavy atom. The molecule has 0 aliphatic carbocycles. The van der Waals surface area contributed by atoms with Crippen LogP contribution in [-0.2, 0) is 6.42 Å². The van der Waals surface area contributed by atoms with Crippen LogP contribution in [0.3, 0.4) is 0 Å². The third-order valence-electron chi connectivity index (χ3n) is 4.98. The molecule has 1 atom stereocenters. The number of nitrogens with one attached hydrogen (secondary N) is 2. The van der Waals surface area contributed by atoms with E-state index >= 15 is 0 Å². The predicted octanol–water partition coefficient (Wildman–Crippen LogP) is 5.01. The minimum atomic E-state index is -0.308. The Bertz CT molecular complexity index is 1120. The van der Waals surface area contributed by atoms with E-state index in [2.05, 4.69) is 22.4 Å². The van der Waals surface area contributed by atoms with Crippen LogP contribution in [-0.4, -0.2) is 29.2 Å². The normalized spacial score (nSPS) is 11.9. The Morgan fingerprint density at radius 1 is 1.10 bits per heavy atom. The monoisotopic (exact) mass is 417 g/mol. The summed E-state index contributed by atoms with van der Waals surface area (Å²) in [6.45, 7) is 0. The van der Waals surface area contributed by atoms with Crippen LogP contribution in [0, 0.1) is 0 Å². The van der Waals surface area contributed by atoms with Crippen molar-refractivity contribution in [1.29, 1.82) is 0 Å². The van der Waals surface area contributed by atoms with Gasteiger partial charge in [0.2, 0.25) is 0 Å². The van der Waals surface area contributed by atoms with E-state index in [1.54, 1.807) is 24.9 Å². The molecule has 0 spiro atoms. The molecule has 0 radical (unpaired) electrons. The van der Waals surface area contributed by atoms with E-state index in [9.17, 15) is 4.79 Å². The summed E-state index contributed by atoms with van der Waals surface area (Å²) in [5, 5.41) is 3.15. The molecule has 0 bridgehead atoms. The number of rotatable bonds is 7. The van der Waals surface area contributed by atoms with Crippen LogP contribution in [0.15, 0.2) is 77.7 Å². The summed E-state index contributed by atoms with van der Waals surface area (Å²) < 4.78 is 5.46. The molecule has 0 fully saturated rings. The van der Waals surface area contributed by atoms with Gasteiger partial charge in [-0.05, 0) is 48.6 Å². The second-order valence-electron chi connectivity index (χ2n) is 6.92. The van der Waals surface area contributed by atoms with Crippen molar-refractivity contribution in [3.8, 4) is 5.75 Å². The van der Waals surface area contributed by atoms with Crippen molar-refractivity contribution in [2.75, 3.05) is 13.4 Å². The number of aromatic nitrogens is 2. The molecule has 0 aliphatic rings. The van der Waals surface area contributed by atoms with Gasteiger partial charge in [-0.1, -0.05) is 42.5 Å². The summed E-state index contributed by atoms with van der Waals surface area (Å²) >= 11 is 1.61. The first-order chi connectivity index (χ1) is 14.7. The van der Waals surface area contributed by atoms with Crippen molar-refractivity contribution in [3.63, 3.8) is 0 Å². The number of aromatic amines is 1. The zero-order chi connectivity index (χ0) is 20.9. The van der Waals surface area contributed by atoms with Gasteiger partial charge in [0.25, 0.3) is 5.91 Å². The number of thioether (sulfide) groups is 1. The van der Waals surface area contributed by atoms with Crippen molar-refractivity contribution in [2.45, 2.75) is 17.4 Å². The number of para-hydroxylation sites is 2. The quantitative estimate of drug-likeness (QED) is 0.415. The van der Waals surface area contributed by atoms with Gasteiger partial charge in [-0.15, -0.1) is 11.8 Å². The molecule has 4 rings (SSSR count). The molecule has 0 saturated carbocycles. The number of hydrogen-bond donors (Lipinski definition) is 2. The number of hydrogen-bond acceptors (Lipinski definition) is 4.